The van der Waals surface area contributed by atoms with Crippen molar-refractivity contribution in [3.63, 3.8) is 0 Å². The number of nitrogens with zero attached hydrogens (tertiary/aromatic N) is 1. The molecule has 5 nitrogen and oxygen atoms in total. The van der Waals surface area contributed by atoms with Crippen LogP contribution in [0, 0.1) is 19.7 Å². The monoisotopic (exact) mass is 277 g/mol. The van der Waals surface area contributed by atoms with Gasteiger partial charge in [-0.05, 0) is 32.9 Å². The van der Waals surface area contributed by atoms with Crippen LogP contribution < -0.4 is 10.9 Å². The van der Waals surface area contributed by atoms with Crippen molar-refractivity contribution in [2.75, 3.05) is 5.32 Å². The summed E-state index contributed by atoms with van der Waals surface area (Å²) in [5.41, 5.74) is 1.40. The van der Waals surface area contributed by atoms with E-state index in [0.29, 0.717) is 22.8 Å². The number of benzene rings is 1. The van der Waals surface area contributed by atoms with Crippen molar-refractivity contribution in [1.29, 1.82) is 0 Å². The van der Waals surface area contributed by atoms with E-state index in [4.69, 9.17) is 5.11 Å². The van der Waals surface area contributed by atoms with Crippen LogP contribution in [0.5, 0.6) is 5.75 Å². The molecule has 0 aliphatic carbocycles. The van der Waals surface area contributed by atoms with Crippen molar-refractivity contribution in [2.45, 2.75) is 26.8 Å². The van der Waals surface area contributed by atoms with Crippen molar-refractivity contribution in [3.8, 4) is 5.75 Å². The number of H-pyrrole nitrogens is 1. The van der Waals surface area contributed by atoms with Gasteiger partial charge in [0.25, 0.3) is 5.56 Å². The van der Waals surface area contributed by atoms with E-state index in [1.807, 2.05) is 0 Å². The van der Waals surface area contributed by atoms with Crippen molar-refractivity contribution >= 4 is 5.69 Å². The molecule has 1 unspecified atom stereocenters. The molecule has 1 aromatic carbocycles. The third-order valence-corrected chi connectivity index (χ3v) is 3.03. The van der Waals surface area contributed by atoms with Gasteiger partial charge < -0.3 is 15.4 Å². The SMILES string of the molecule is Cc1nc(C)c(C(C)Nc2ccc(O)c(F)c2)c(=O)[nH]1. The zero-order valence-electron chi connectivity index (χ0n) is 11.5. The Hall–Kier alpha value is -2.37. The number of phenolic OH excluding ortho intramolecular Hbond substituents is 1. The standard InChI is InChI=1S/C14H16FN3O2/c1-7-13(14(20)18-9(3)16-7)8(2)17-10-4-5-12(19)11(15)6-10/h4-6,8,17,19H,1-3H3,(H,16,18,20). The lowest BCUT2D eigenvalue weighted by Crippen LogP contribution is -2.23. The van der Waals surface area contributed by atoms with E-state index >= 15 is 0 Å². The number of hydrogen-bond donors (Lipinski definition) is 3. The largest absolute Gasteiger partial charge is 0.505 e. The summed E-state index contributed by atoms with van der Waals surface area (Å²) in [4.78, 5) is 18.8. The molecule has 0 spiro atoms. The minimum absolute atomic E-state index is 0.214. The third kappa shape index (κ3) is 2.79. The van der Waals surface area contributed by atoms with Gasteiger partial charge in [-0.2, -0.15) is 0 Å². The van der Waals surface area contributed by atoms with Gasteiger partial charge in [0.05, 0.1) is 17.3 Å². The van der Waals surface area contributed by atoms with Crippen LogP contribution in [0.25, 0.3) is 0 Å². The molecular weight excluding hydrogens is 261 g/mol. The molecule has 20 heavy (non-hydrogen) atoms. The number of anilines is 1. The fourth-order valence-corrected chi connectivity index (χ4v) is 2.16. The molecule has 1 atom stereocenters. The Labute approximate surface area is 115 Å². The van der Waals surface area contributed by atoms with E-state index in [1.54, 1.807) is 26.8 Å². The maximum Gasteiger partial charge on any atom is 0.256 e. The van der Waals surface area contributed by atoms with Crippen LogP contribution in [-0.2, 0) is 0 Å². The zero-order chi connectivity index (χ0) is 14.9. The van der Waals surface area contributed by atoms with Crippen LogP contribution >= 0.6 is 0 Å². The van der Waals surface area contributed by atoms with Crippen LogP contribution in [0.3, 0.4) is 0 Å². The molecule has 0 bridgehead atoms. The van der Waals surface area contributed by atoms with Gasteiger partial charge in [-0.1, -0.05) is 0 Å². The number of phenols is 1. The highest BCUT2D eigenvalue weighted by Crippen LogP contribution is 2.23. The molecule has 0 fully saturated rings. The maximum absolute atomic E-state index is 13.3. The molecule has 1 heterocycles. The Morgan fingerprint density at radius 3 is 2.70 bits per heavy atom. The zero-order valence-corrected chi connectivity index (χ0v) is 11.5. The molecule has 6 heteroatoms. The highest BCUT2D eigenvalue weighted by Gasteiger charge is 2.15. The van der Waals surface area contributed by atoms with Gasteiger partial charge in [-0.25, -0.2) is 9.37 Å². The van der Waals surface area contributed by atoms with Gasteiger partial charge in [-0.15, -0.1) is 0 Å². The quantitative estimate of drug-likeness (QED) is 0.753. The first kappa shape index (κ1) is 14.0. The molecule has 0 saturated carbocycles. The number of aromatic nitrogens is 2. The highest BCUT2D eigenvalue weighted by molar-refractivity contribution is 5.48. The van der Waals surface area contributed by atoms with Crippen molar-refractivity contribution < 1.29 is 9.50 Å². The van der Waals surface area contributed by atoms with Gasteiger partial charge in [0.1, 0.15) is 5.82 Å². The fraction of sp³-hybridized carbons (Fsp3) is 0.286. The second-order valence-corrected chi connectivity index (χ2v) is 4.68. The molecule has 0 radical (unpaired) electrons. The molecule has 2 aromatic rings. The molecule has 3 N–H and O–H groups in total. The van der Waals surface area contributed by atoms with Gasteiger partial charge in [0, 0.05) is 11.8 Å². The Morgan fingerprint density at radius 2 is 2.10 bits per heavy atom. The highest BCUT2D eigenvalue weighted by atomic mass is 19.1. The Kier molecular flexibility index (Phi) is 3.74. The molecule has 0 saturated heterocycles. The van der Waals surface area contributed by atoms with Crippen LogP contribution in [0.15, 0.2) is 23.0 Å². The summed E-state index contributed by atoms with van der Waals surface area (Å²) in [6, 6.07) is 3.64. The second-order valence-electron chi connectivity index (χ2n) is 4.68. The number of aryl methyl sites for hydroxylation is 2. The van der Waals surface area contributed by atoms with Crippen LogP contribution in [0.4, 0.5) is 10.1 Å². The number of aromatic amines is 1. The van der Waals surface area contributed by atoms with E-state index in [9.17, 15) is 9.18 Å². The Bertz CT molecular complexity index is 697. The maximum atomic E-state index is 13.3. The third-order valence-electron chi connectivity index (χ3n) is 3.03. The molecule has 0 amide bonds. The smallest absolute Gasteiger partial charge is 0.256 e. The number of halogens is 1. The lowest BCUT2D eigenvalue weighted by molar-refractivity contribution is 0.432. The molecule has 1 aromatic heterocycles. The van der Waals surface area contributed by atoms with Gasteiger partial charge in [0.2, 0.25) is 0 Å². The first-order chi connectivity index (χ1) is 9.38. The van der Waals surface area contributed by atoms with E-state index in [1.165, 1.54) is 12.1 Å². The van der Waals surface area contributed by atoms with E-state index in [-0.39, 0.29) is 11.6 Å². The minimum Gasteiger partial charge on any atom is -0.505 e. The summed E-state index contributed by atoms with van der Waals surface area (Å²) in [6.45, 7) is 5.26. The van der Waals surface area contributed by atoms with Crippen molar-refractivity contribution in [3.05, 3.63) is 51.5 Å². The predicted octanol–water partition coefficient (Wildman–Crippen LogP) is 2.40. The Balaban J connectivity index is 2.30. The van der Waals surface area contributed by atoms with E-state index in [0.717, 1.165) is 0 Å². The molecular formula is C14H16FN3O2. The van der Waals surface area contributed by atoms with Gasteiger partial charge in [-0.3, -0.25) is 4.79 Å². The summed E-state index contributed by atoms with van der Waals surface area (Å²) < 4.78 is 13.3. The van der Waals surface area contributed by atoms with Crippen LogP contribution in [-0.4, -0.2) is 15.1 Å². The average Bonchev–Trinajstić information content (AvgIpc) is 2.32. The van der Waals surface area contributed by atoms with Crippen LogP contribution in [0.1, 0.15) is 30.0 Å². The number of hydrogen-bond acceptors (Lipinski definition) is 4. The lowest BCUT2D eigenvalue weighted by Gasteiger charge is -2.16. The van der Waals surface area contributed by atoms with Gasteiger partial charge in [0.15, 0.2) is 11.6 Å². The molecule has 0 aliphatic rings. The van der Waals surface area contributed by atoms with E-state index < -0.39 is 11.6 Å². The van der Waals surface area contributed by atoms with Crippen molar-refractivity contribution in [1.82, 2.24) is 9.97 Å². The summed E-state index contributed by atoms with van der Waals surface area (Å²) in [7, 11) is 0. The topological polar surface area (TPSA) is 78.0 Å². The summed E-state index contributed by atoms with van der Waals surface area (Å²) >= 11 is 0. The number of rotatable bonds is 3. The summed E-state index contributed by atoms with van der Waals surface area (Å²) in [6.07, 6.45) is 0. The number of nitrogens with one attached hydrogen (secondary N) is 2. The van der Waals surface area contributed by atoms with E-state index in [2.05, 4.69) is 15.3 Å². The fourth-order valence-electron chi connectivity index (χ4n) is 2.16. The second kappa shape index (κ2) is 5.32. The van der Waals surface area contributed by atoms with Crippen molar-refractivity contribution in [2.24, 2.45) is 0 Å². The minimum atomic E-state index is -0.713. The summed E-state index contributed by atoms with van der Waals surface area (Å²) in [5.74, 6) is -0.566. The first-order valence-corrected chi connectivity index (χ1v) is 6.21. The average molecular weight is 277 g/mol. The normalized spacial score (nSPS) is 12.2. The summed E-state index contributed by atoms with van der Waals surface area (Å²) in [5, 5.41) is 12.2. The predicted molar refractivity (Wildman–Crippen MR) is 74.4 cm³/mol. The molecule has 2 rings (SSSR count). The Morgan fingerprint density at radius 1 is 1.40 bits per heavy atom. The lowest BCUT2D eigenvalue weighted by atomic mass is 10.1. The number of aromatic hydroxyl groups is 1. The van der Waals surface area contributed by atoms with Gasteiger partial charge >= 0.3 is 0 Å². The molecule has 106 valence electrons. The van der Waals surface area contributed by atoms with Crippen LogP contribution in [0.2, 0.25) is 0 Å². The first-order valence-electron chi connectivity index (χ1n) is 6.21. The molecule has 0 aliphatic heterocycles.